The van der Waals surface area contributed by atoms with Crippen LogP contribution in [0.2, 0.25) is 0 Å². The molecule has 0 bridgehead atoms. The molecule has 0 radical (unpaired) electrons. The summed E-state index contributed by atoms with van der Waals surface area (Å²) in [6.45, 7) is 4.54. The van der Waals surface area contributed by atoms with Crippen LogP contribution < -0.4 is 0 Å². The van der Waals surface area contributed by atoms with Gasteiger partial charge in [-0.25, -0.2) is 0 Å². The van der Waals surface area contributed by atoms with E-state index in [4.69, 9.17) is 9.84 Å². The zero-order valence-electron chi connectivity index (χ0n) is 6.88. The van der Waals surface area contributed by atoms with Crippen molar-refractivity contribution in [2.24, 2.45) is 0 Å². The van der Waals surface area contributed by atoms with Crippen molar-refractivity contribution in [3.63, 3.8) is 0 Å². The van der Waals surface area contributed by atoms with Gasteiger partial charge in [-0.1, -0.05) is 12.2 Å². The molecule has 0 heterocycles. The Labute approximate surface area is 67.9 Å². The predicted molar refractivity (Wildman–Crippen MR) is 44.4 cm³/mol. The van der Waals surface area contributed by atoms with Crippen LogP contribution in [-0.4, -0.2) is 24.4 Å². The lowest BCUT2D eigenvalue weighted by Gasteiger charge is -2.23. The Morgan fingerprint density at radius 3 is 2.64 bits per heavy atom. The largest absolute Gasteiger partial charge is 0.394 e. The van der Waals surface area contributed by atoms with E-state index in [1.807, 2.05) is 0 Å². The molecule has 64 valence electrons. The highest BCUT2D eigenvalue weighted by molar-refractivity contribution is 4.98. The van der Waals surface area contributed by atoms with Gasteiger partial charge in [-0.2, -0.15) is 0 Å². The van der Waals surface area contributed by atoms with Crippen LogP contribution in [0.25, 0.3) is 0 Å². The van der Waals surface area contributed by atoms with Gasteiger partial charge in [-0.15, -0.1) is 0 Å². The smallest absolute Gasteiger partial charge is 0.0701 e. The summed E-state index contributed by atoms with van der Waals surface area (Å²) in [7, 11) is 0. The Kier molecular flexibility index (Phi) is 3.60. The van der Waals surface area contributed by atoms with E-state index in [0.29, 0.717) is 12.7 Å². The maximum atomic E-state index is 8.51. The van der Waals surface area contributed by atoms with E-state index in [1.165, 1.54) is 5.57 Å². The Balaban J connectivity index is 2.12. The highest BCUT2D eigenvalue weighted by atomic mass is 16.5. The van der Waals surface area contributed by atoms with Crippen LogP contribution in [0.15, 0.2) is 12.2 Å². The molecule has 1 aliphatic carbocycles. The number of aliphatic hydroxyl groups excluding tert-OH is 1. The summed E-state index contributed by atoms with van der Waals surface area (Å²) in [5.41, 5.74) is 1.34. The highest BCUT2D eigenvalue weighted by Crippen LogP contribution is 2.23. The van der Waals surface area contributed by atoms with Gasteiger partial charge in [0.05, 0.1) is 19.3 Å². The first-order valence-electron chi connectivity index (χ1n) is 4.22. The van der Waals surface area contributed by atoms with Gasteiger partial charge in [-0.3, -0.25) is 0 Å². The topological polar surface area (TPSA) is 29.5 Å². The normalized spacial score (nSPS) is 20.6. The third-order valence-electron chi connectivity index (χ3n) is 2.08. The van der Waals surface area contributed by atoms with Gasteiger partial charge in [0.25, 0.3) is 0 Å². The summed E-state index contributed by atoms with van der Waals surface area (Å²) < 4.78 is 5.39. The van der Waals surface area contributed by atoms with Crippen LogP contribution in [0.5, 0.6) is 0 Å². The maximum absolute atomic E-state index is 8.51. The molecule has 0 unspecified atom stereocenters. The van der Waals surface area contributed by atoms with E-state index in [9.17, 15) is 0 Å². The minimum absolute atomic E-state index is 0.136. The molecule has 0 amide bonds. The molecule has 0 aromatic rings. The zero-order chi connectivity index (χ0) is 8.10. The standard InChI is InChI=1S/C9H16O2/c1-8-2-4-9(5-3-8)11-7-6-10/h9-10H,1-7H2. The van der Waals surface area contributed by atoms with Crippen molar-refractivity contribution >= 4 is 0 Å². The monoisotopic (exact) mass is 156 g/mol. The summed E-state index contributed by atoms with van der Waals surface area (Å²) in [5.74, 6) is 0. The van der Waals surface area contributed by atoms with Crippen molar-refractivity contribution in [3.05, 3.63) is 12.2 Å². The van der Waals surface area contributed by atoms with E-state index in [1.54, 1.807) is 0 Å². The molecule has 0 aromatic heterocycles. The number of hydrogen-bond acceptors (Lipinski definition) is 2. The molecular weight excluding hydrogens is 140 g/mol. The van der Waals surface area contributed by atoms with Crippen molar-refractivity contribution < 1.29 is 9.84 Å². The average Bonchev–Trinajstić information content (AvgIpc) is 2.04. The second kappa shape index (κ2) is 4.52. The first-order chi connectivity index (χ1) is 5.33. The Morgan fingerprint density at radius 2 is 2.09 bits per heavy atom. The lowest BCUT2D eigenvalue weighted by atomic mass is 9.94. The molecule has 0 aromatic carbocycles. The van der Waals surface area contributed by atoms with E-state index in [0.717, 1.165) is 25.7 Å². The second-order valence-electron chi connectivity index (χ2n) is 3.04. The molecule has 0 spiro atoms. The Morgan fingerprint density at radius 1 is 1.45 bits per heavy atom. The van der Waals surface area contributed by atoms with Crippen molar-refractivity contribution in [2.45, 2.75) is 31.8 Å². The van der Waals surface area contributed by atoms with Gasteiger partial charge in [0.2, 0.25) is 0 Å². The molecule has 11 heavy (non-hydrogen) atoms. The molecule has 1 rings (SSSR count). The van der Waals surface area contributed by atoms with E-state index < -0.39 is 0 Å². The van der Waals surface area contributed by atoms with Gasteiger partial charge in [0, 0.05) is 0 Å². The number of hydrogen-bond donors (Lipinski definition) is 1. The third-order valence-corrected chi connectivity index (χ3v) is 2.08. The van der Waals surface area contributed by atoms with E-state index in [2.05, 4.69) is 6.58 Å². The van der Waals surface area contributed by atoms with Crippen LogP contribution in [0.3, 0.4) is 0 Å². The van der Waals surface area contributed by atoms with Gasteiger partial charge in [0.1, 0.15) is 0 Å². The molecule has 1 aliphatic rings. The molecule has 1 fully saturated rings. The van der Waals surface area contributed by atoms with Crippen molar-refractivity contribution in [3.8, 4) is 0 Å². The van der Waals surface area contributed by atoms with Crippen LogP contribution in [0, 0.1) is 0 Å². The number of allylic oxidation sites excluding steroid dienone is 1. The van der Waals surface area contributed by atoms with Gasteiger partial charge >= 0.3 is 0 Å². The lowest BCUT2D eigenvalue weighted by molar-refractivity contribution is 0.0146. The number of rotatable bonds is 3. The summed E-state index contributed by atoms with van der Waals surface area (Å²) in [6, 6.07) is 0. The first-order valence-corrected chi connectivity index (χ1v) is 4.22. The number of ether oxygens (including phenoxy) is 1. The highest BCUT2D eigenvalue weighted by Gasteiger charge is 2.14. The molecule has 1 N–H and O–H groups in total. The van der Waals surface area contributed by atoms with Crippen molar-refractivity contribution in [2.75, 3.05) is 13.2 Å². The quantitative estimate of drug-likeness (QED) is 0.627. The van der Waals surface area contributed by atoms with Gasteiger partial charge < -0.3 is 9.84 Å². The third kappa shape index (κ3) is 3.04. The molecule has 2 nitrogen and oxygen atoms in total. The van der Waals surface area contributed by atoms with E-state index in [-0.39, 0.29) is 6.61 Å². The van der Waals surface area contributed by atoms with Gasteiger partial charge in [0.15, 0.2) is 0 Å². The molecule has 0 atom stereocenters. The van der Waals surface area contributed by atoms with Crippen LogP contribution in [-0.2, 0) is 4.74 Å². The number of aliphatic hydroxyl groups is 1. The van der Waals surface area contributed by atoms with Crippen molar-refractivity contribution in [1.82, 2.24) is 0 Å². The van der Waals surface area contributed by atoms with Gasteiger partial charge in [-0.05, 0) is 25.7 Å². The summed E-state index contributed by atoms with van der Waals surface area (Å²) in [6.07, 6.45) is 4.72. The fraction of sp³-hybridized carbons (Fsp3) is 0.778. The lowest BCUT2D eigenvalue weighted by Crippen LogP contribution is -2.19. The molecule has 2 heteroatoms. The average molecular weight is 156 g/mol. The zero-order valence-corrected chi connectivity index (χ0v) is 6.88. The predicted octanol–water partition coefficient (Wildman–Crippen LogP) is 1.49. The molecule has 0 saturated heterocycles. The van der Waals surface area contributed by atoms with Crippen LogP contribution in [0.1, 0.15) is 25.7 Å². The minimum Gasteiger partial charge on any atom is -0.394 e. The van der Waals surface area contributed by atoms with Crippen LogP contribution in [0.4, 0.5) is 0 Å². The fourth-order valence-corrected chi connectivity index (χ4v) is 1.39. The summed E-state index contributed by atoms with van der Waals surface area (Å²) >= 11 is 0. The summed E-state index contributed by atoms with van der Waals surface area (Å²) in [4.78, 5) is 0. The van der Waals surface area contributed by atoms with Crippen molar-refractivity contribution in [1.29, 1.82) is 0 Å². The van der Waals surface area contributed by atoms with Crippen LogP contribution >= 0.6 is 0 Å². The minimum atomic E-state index is 0.136. The Bertz CT molecular complexity index is 122. The molecule has 0 aliphatic heterocycles. The first kappa shape index (κ1) is 8.75. The van der Waals surface area contributed by atoms with E-state index >= 15 is 0 Å². The Hall–Kier alpha value is -0.340. The maximum Gasteiger partial charge on any atom is 0.0701 e. The second-order valence-corrected chi connectivity index (χ2v) is 3.04. The molecule has 1 saturated carbocycles. The summed E-state index contributed by atoms with van der Waals surface area (Å²) in [5, 5.41) is 8.51. The fourth-order valence-electron chi connectivity index (χ4n) is 1.39. The SMILES string of the molecule is C=C1CCC(OCCO)CC1. The molecular formula is C9H16O2.